The summed E-state index contributed by atoms with van der Waals surface area (Å²) < 4.78 is 0. The molecule has 3 nitrogen and oxygen atoms in total. The van der Waals surface area contributed by atoms with Crippen molar-refractivity contribution in [1.82, 2.24) is 4.98 Å². The zero-order valence-corrected chi connectivity index (χ0v) is 12.4. The molecule has 0 bridgehead atoms. The Morgan fingerprint density at radius 1 is 1.14 bits per heavy atom. The molecule has 0 aliphatic heterocycles. The number of aromatic nitrogens is 1. The molecule has 3 aromatic rings. The second-order valence-corrected chi connectivity index (χ2v) is 5.51. The van der Waals surface area contributed by atoms with Crippen LogP contribution in [0.3, 0.4) is 0 Å². The quantitative estimate of drug-likeness (QED) is 0.764. The number of benzene rings is 2. The molecule has 4 heteroatoms. The minimum absolute atomic E-state index is 0.0670. The van der Waals surface area contributed by atoms with Crippen LogP contribution in [0.25, 0.3) is 10.9 Å². The van der Waals surface area contributed by atoms with Gasteiger partial charge in [0.2, 0.25) is 0 Å². The lowest BCUT2D eigenvalue weighted by atomic mass is 10.1. The molecule has 106 valence electrons. The Balaban J connectivity index is 1.88. The lowest BCUT2D eigenvalue weighted by Crippen LogP contribution is -2.15. The first-order chi connectivity index (χ1) is 10.1. The topological polar surface area (TPSA) is 44.9 Å². The molecule has 21 heavy (non-hydrogen) atoms. The van der Waals surface area contributed by atoms with Gasteiger partial charge in [-0.15, -0.1) is 0 Å². The molecule has 0 fully saturated rings. The highest BCUT2D eigenvalue weighted by molar-refractivity contribution is 6.30. The van der Waals surface area contributed by atoms with Gasteiger partial charge in [-0.05, 0) is 48.2 Å². The summed E-state index contributed by atoms with van der Waals surface area (Å²) in [7, 11) is 0. The normalized spacial score (nSPS) is 10.8. The minimum atomic E-state index is -0.0670. The highest BCUT2D eigenvalue weighted by Crippen LogP contribution is 2.17. The molecule has 1 aromatic heterocycles. The molecule has 0 aliphatic carbocycles. The fraction of sp³-hybridized carbons (Fsp3) is 0.118. The van der Waals surface area contributed by atoms with Crippen LogP contribution in [-0.4, -0.2) is 4.98 Å². The second kappa shape index (κ2) is 5.62. The SMILES string of the molecule is Cc1ccc2cc(CNc3cccc(Cl)c3)c(=O)[nH]c2c1. The van der Waals surface area contributed by atoms with Gasteiger partial charge in [-0.3, -0.25) is 4.79 Å². The van der Waals surface area contributed by atoms with Gasteiger partial charge in [-0.2, -0.15) is 0 Å². The summed E-state index contributed by atoms with van der Waals surface area (Å²) in [5, 5.41) is 4.91. The summed E-state index contributed by atoms with van der Waals surface area (Å²) in [6.07, 6.45) is 0. The van der Waals surface area contributed by atoms with Crippen LogP contribution in [0.5, 0.6) is 0 Å². The van der Waals surface area contributed by atoms with Crippen LogP contribution in [0.4, 0.5) is 5.69 Å². The van der Waals surface area contributed by atoms with E-state index in [0.717, 1.165) is 22.2 Å². The van der Waals surface area contributed by atoms with E-state index < -0.39 is 0 Å². The van der Waals surface area contributed by atoms with Gasteiger partial charge in [-0.25, -0.2) is 0 Å². The zero-order chi connectivity index (χ0) is 14.8. The van der Waals surface area contributed by atoms with Crippen molar-refractivity contribution in [2.45, 2.75) is 13.5 Å². The maximum absolute atomic E-state index is 12.1. The fourth-order valence-electron chi connectivity index (χ4n) is 2.29. The minimum Gasteiger partial charge on any atom is -0.381 e. The van der Waals surface area contributed by atoms with Gasteiger partial charge in [0.25, 0.3) is 5.56 Å². The molecule has 0 aliphatic rings. The van der Waals surface area contributed by atoms with E-state index in [1.165, 1.54) is 0 Å². The predicted octanol–water partition coefficient (Wildman–Crippen LogP) is 4.10. The Labute approximate surface area is 127 Å². The van der Waals surface area contributed by atoms with Gasteiger partial charge < -0.3 is 10.3 Å². The molecule has 2 aromatic carbocycles. The lowest BCUT2D eigenvalue weighted by Gasteiger charge is -2.07. The number of hydrogen-bond donors (Lipinski definition) is 2. The summed E-state index contributed by atoms with van der Waals surface area (Å²) in [5.74, 6) is 0. The molecule has 0 saturated carbocycles. The Kier molecular flexibility index (Phi) is 3.67. The van der Waals surface area contributed by atoms with Gasteiger partial charge in [0, 0.05) is 28.3 Å². The zero-order valence-electron chi connectivity index (χ0n) is 11.6. The summed E-state index contributed by atoms with van der Waals surface area (Å²) >= 11 is 5.94. The van der Waals surface area contributed by atoms with Crippen molar-refractivity contribution in [2.24, 2.45) is 0 Å². The van der Waals surface area contributed by atoms with E-state index in [2.05, 4.69) is 10.3 Å². The van der Waals surface area contributed by atoms with E-state index in [9.17, 15) is 4.79 Å². The van der Waals surface area contributed by atoms with Crippen LogP contribution in [-0.2, 0) is 6.54 Å². The van der Waals surface area contributed by atoms with Crippen LogP contribution in [0.1, 0.15) is 11.1 Å². The first kappa shape index (κ1) is 13.7. The highest BCUT2D eigenvalue weighted by Gasteiger charge is 2.03. The van der Waals surface area contributed by atoms with Crippen molar-refractivity contribution < 1.29 is 0 Å². The summed E-state index contributed by atoms with van der Waals surface area (Å²) in [6.45, 7) is 2.46. The van der Waals surface area contributed by atoms with E-state index in [0.29, 0.717) is 17.1 Å². The standard InChI is InChI=1S/C17H15ClN2O/c1-11-5-6-12-8-13(17(21)20-16(12)7-11)10-19-15-4-2-3-14(18)9-15/h2-9,19H,10H2,1H3,(H,20,21). The number of H-pyrrole nitrogens is 1. The van der Waals surface area contributed by atoms with Gasteiger partial charge in [0.1, 0.15) is 0 Å². The molecule has 0 unspecified atom stereocenters. The molecule has 0 atom stereocenters. The van der Waals surface area contributed by atoms with Crippen molar-refractivity contribution >= 4 is 28.2 Å². The van der Waals surface area contributed by atoms with Gasteiger partial charge in [0.05, 0.1) is 0 Å². The van der Waals surface area contributed by atoms with Crippen molar-refractivity contribution in [1.29, 1.82) is 0 Å². The number of rotatable bonds is 3. The van der Waals surface area contributed by atoms with Crippen molar-refractivity contribution in [3.63, 3.8) is 0 Å². The summed E-state index contributed by atoms with van der Waals surface area (Å²) in [4.78, 5) is 15.0. The Morgan fingerprint density at radius 3 is 2.81 bits per heavy atom. The van der Waals surface area contributed by atoms with Gasteiger partial charge in [0.15, 0.2) is 0 Å². The Bertz CT molecular complexity index is 855. The number of fused-ring (bicyclic) bond motifs is 1. The Morgan fingerprint density at radius 2 is 2.00 bits per heavy atom. The molecule has 0 amide bonds. The summed E-state index contributed by atoms with van der Waals surface area (Å²) in [6, 6.07) is 15.4. The number of pyridine rings is 1. The summed E-state index contributed by atoms with van der Waals surface area (Å²) in [5.41, 5.74) is 3.52. The molecule has 0 spiro atoms. The van der Waals surface area contributed by atoms with Crippen LogP contribution in [0, 0.1) is 6.92 Å². The first-order valence-electron chi connectivity index (χ1n) is 6.74. The smallest absolute Gasteiger partial charge is 0.253 e. The third-order valence-electron chi connectivity index (χ3n) is 3.39. The van der Waals surface area contributed by atoms with Crippen LogP contribution >= 0.6 is 11.6 Å². The number of aryl methyl sites for hydroxylation is 1. The largest absolute Gasteiger partial charge is 0.381 e. The van der Waals surface area contributed by atoms with E-state index >= 15 is 0 Å². The molecule has 3 rings (SSSR count). The number of hydrogen-bond acceptors (Lipinski definition) is 2. The average molecular weight is 299 g/mol. The first-order valence-corrected chi connectivity index (χ1v) is 7.11. The van der Waals surface area contributed by atoms with Crippen LogP contribution < -0.4 is 10.9 Å². The fourth-order valence-corrected chi connectivity index (χ4v) is 2.48. The van der Waals surface area contributed by atoms with E-state index in [4.69, 9.17) is 11.6 Å². The molecule has 1 heterocycles. The van der Waals surface area contributed by atoms with Gasteiger partial charge in [-0.1, -0.05) is 29.8 Å². The molecular weight excluding hydrogens is 284 g/mol. The monoisotopic (exact) mass is 298 g/mol. The Hall–Kier alpha value is -2.26. The van der Waals surface area contributed by atoms with Gasteiger partial charge >= 0.3 is 0 Å². The maximum atomic E-state index is 12.1. The second-order valence-electron chi connectivity index (χ2n) is 5.08. The van der Waals surface area contributed by atoms with Crippen molar-refractivity contribution in [3.8, 4) is 0 Å². The maximum Gasteiger partial charge on any atom is 0.253 e. The van der Waals surface area contributed by atoms with E-state index in [1.54, 1.807) is 0 Å². The molecule has 2 N–H and O–H groups in total. The van der Waals surface area contributed by atoms with Crippen molar-refractivity contribution in [3.05, 3.63) is 75.0 Å². The van der Waals surface area contributed by atoms with Crippen molar-refractivity contribution in [2.75, 3.05) is 5.32 Å². The van der Waals surface area contributed by atoms with Crippen LogP contribution in [0.2, 0.25) is 5.02 Å². The highest BCUT2D eigenvalue weighted by atomic mass is 35.5. The van der Waals surface area contributed by atoms with E-state index in [1.807, 2.05) is 55.5 Å². The van der Waals surface area contributed by atoms with Crippen LogP contribution in [0.15, 0.2) is 53.3 Å². The molecule has 0 saturated heterocycles. The number of anilines is 1. The number of halogens is 1. The lowest BCUT2D eigenvalue weighted by molar-refractivity contribution is 1.09. The number of nitrogens with one attached hydrogen (secondary N) is 2. The molecule has 0 radical (unpaired) electrons. The van der Waals surface area contributed by atoms with E-state index in [-0.39, 0.29) is 5.56 Å². The average Bonchev–Trinajstić information content (AvgIpc) is 2.45. The number of aromatic amines is 1. The molecular formula is C17H15ClN2O. The third-order valence-corrected chi connectivity index (χ3v) is 3.62. The predicted molar refractivity (Wildman–Crippen MR) is 88.1 cm³/mol. The third kappa shape index (κ3) is 3.09.